The molecule has 2 unspecified atom stereocenters. The molecule has 1 rings (SSSR count). The summed E-state index contributed by atoms with van der Waals surface area (Å²) in [5.74, 6) is -1.44. The molecule has 1 aromatic carbocycles. The molecule has 0 amide bonds. The number of carboxylic acid groups (broad SMARTS) is 1. The maximum Gasteiger partial charge on any atom is 0.323 e. The van der Waals surface area contributed by atoms with Gasteiger partial charge in [0.05, 0.1) is 10.5 Å². The summed E-state index contributed by atoms with van der Waals surface area (Å²) >= 11 is 3.05. The Morgan fingerprint density at radius 2 is 2.12 bits per heavy atom. The number of nitro benzene ring substituents is 1. The van der Waals surface area contributed by atoms with E-state index in [1.54, 1.807) is 0 Å². The normalized spacial score (nSPS) is 14.1. The van der Waals surface area contributed by atoms with E-state index < -0.39 is 23.0 Å². The fourth-order valence-corrected chi connectivity index (χ4v) is 1.60. The summed E-state index contributed by atoms with van der Waals surface area (Å²) in [7, 11) is 0. The van der Waals surface area contributed by atoms with E-state index in [4.69, 9.17) is 10.8 Å². The molecule has 2 atom stereocenters. The van der Waals surface area contributed by atoms with Crippen molar-refractivity contribution >= 4 is 27.6 Å². The van der Waals surface area contributed by atoms with E-state index in [1.807, 2.05) is 0 Å². The lowest BCUT2D eigenvalue weighted by atomic mass is 10.0. The average molecular weight is 305 g/mol. The van der Waals surface area contributed by atoms with Crippen LogP contribution in [0, 0.1) is 10.1 Å². The van der Waals surface area contributed by atoms with Gasteiger partial charge >= 0.3 is 5.97 Å². The molecule has 0 spiro atoms. The van der Waals surface area contributed by atoms with Crippen molar-refractivity contribution in [2.24, 2.45) is 5.73 Å². The molecule has 0 bridgehead atoms. The minimum absolute atomic E-state index is 0.131. The van der Waals surface area contributed by atoms with Gasteiger partial charge in [0, 0.05) is 10.5 Å². The van der Waals surface area contributed by atoms with Gasteiger partial charge in [-0.3, -0.25) is 14.9 Å². The number of benzene rings is 1. The van der Waals surface area contributed by atoms with Crippen LogP contribution in [0.25, 0.3) is 0 Å². The molecule has 4 N–H and O–H groups in total. The first-order valence-corrected chi connectivity index (χ1v) is 5.24. The molecule has 0 saturated carbocycles. The molecule has 0 aromatic heterocycles. The zero-order valence-electron chi connectivity index (χ0n) is 8.41. The second-order valence-electron chi connectivity index (χ2n) is 3.27. The third kappa shape index (κ3) is 2.99. The molecule has 0 radical (unpaired) electrons. The molecular weight excluding hydrogens is 296 g/mol. The van der Waals surface area contributed by atoms with E-state index in [-0.39, 0.29) is 11.3 Å². The first-order chi connectivity index (χ1) is 7.84. The van der Waals surface area contributed by atoms with Crippen LogP contribution in [0.5, 0.6) is 0 Å². The lowest BCUT2D eigenvalue weighted by Gasteiger charge is -2.15. The second-order valence-corrected chi connectivity index (χ2v) is 4.18. The largest absolute Gasteiger partial charge is 0.480 e. The highest BCUT2D eigenvalue weighted by Gasteiger charge is 2.29. The first kappa shape index (κ1) is 13.6. The van der Waals surface area contributed by atoms with Crippen molar-refractivity contribution < 1.29 is 19.9 Å². The summed E-state index contributed by atoms with van der Waals surface area (Å²) in [5.41, 5.74) is 4.70. The van der Waals surface area contributed by atoms with Gasteiger partial charge in [-0.25, -0.2) is 0 Å². The molecule has 0 heterocycles. The van der Waals surface area contributed by atoms with Crippen LogP contribution in [-0.2, 0) is 4.79 Å². The van der Waals surface area contributed by atoms with Crippen LogP contribution in [-0.4, -0.2) is 27.1 Å². The van der Waals surface area contributed by atoms with E-state index in [9.17, 15) is 20.0 Å². The van der Waals surface area contributed by atoms with Gasteiger partial charge in [-0.1, -0.05) is 15.9 Å². The van der Waals surface area contributed by atoms with Crippen molar-refractivity contribution in [2.75, 3.05) is 0 Å². The zero-order valence-corrected chi connectivity index (χ0v) is 9.99. The Hall–Kier alpha value is -1.51. The average Bonchev–Trinajstić information content (AvgIpc) is 2.26. The standard InChI is InChI=1S/C9H9BrN2O5/c10-4-1-2-5(6(3-4)12(16)17)8(13)7(11)9(14)15/h1-3,7-8,13H,11H2,(H,14,15). The fraction of sp³-hybridized carbons (Fsp3) is 0.222. The monoisotopic (exact) mass is 304 g/mol. The van der Waals surface area contributed by atoms with Crippen LogP contribution < -0.4 is 5.73 Å². The number of aliphatic hydroxyl groups excluding tert-OH is 1. The molecule has 92 valence electrons. The van der Waals surface area contributed by atoms with E-state index >= 15 is 0 Å². The van der Waals surface area contributed by atoms with Gasteiger partial charge in [0.1, 0.15) is 12.1 Å². The second kappa shape index (κ2) is 5.21. The van der Waals surface area contributed by atoms with Gasteiger partial charge in [-0.15, -0.1) is 0 Å². The van der Waals surface area contributed by atoms with Crippen molar-refractivity contribution in [3.05, 3.63) is 38.3 Å². The van der Waals surface area contributed by atoms with Gasteiger partial charge in [0.25, 0.3) is 5.69 Å². The number of nitrogens with zero attached hydrogens (tertiary/aromatic N) is 1. The minimum atomic E-state index is -1.64. The van der Waals surface area contributed by atoms with Crippen molar-refractivity contribution in [2.45, 2.75) is 12.1 Å². The number of carboxylic acids is 1. The van der Waals surface area contributed by atoms with Crippen LogP contribution >= 0.6 is 15.9 Å². The molecular formula is C9H9BrN2O5. The molecule has 8 heteroatoms. The molecule has 0 aliphatic heterocycles. The van der Waals surface area contributed by atoms with E-state index in [0.717, 1.165) is 0 Å². The third-order valence-corrected chi connectivity index (χ3v) is 2.63. The molecule has 0 aliphatic rings. The summed E-state index contributed by atoms with van der Waals surface area (Å²) in [6, 6.07) is 2.28. The fourth-order valence-electron chi connectivity index (χ4n) is 1.25. The topological polar surface area (TPSA) is 127 Å². The van der Waals surface area contributed by atoms with E-state index in [1.165, 1.54) is 18.2 Å². The van der Waals surface area contributed by atoms with Crippen molar-refractivity contribution in [3.63, 3.8) is 0 Å². The Balaban J connectivity index is 3.21. The molecule has 1 aromatic rings. The number of nitro groups is 1. The summed E-state index contributed by atoms with van der Waals surface area (Å²) < 4.78 is 0.448. The first-order valence-electron chi connectivity index (χ1n) is 4.45. The number of halogens is 1. The molecule has 0 saturated heterocycles. The Morgan fingerprint density at radius 3 is 2.59 bits per heavy atom. The Labute approximate surface area is 104 Å². The minimum Gasteiger partial charge on any atom is -0.480 e. The summed E-state index contributed by atoms with van der Waals surface area (Å²) in [4.78, 5) is 20.6. The van der Waals surface area contributed by atoms with E-state index in [0.29, 0.717) is 4.47 Å². The predicted octanol–water partition coefficient (Wildman–Crippen LogP) is 0.803. The SMILES string of the molecule is NC(C(=O)O)C(O)c1ccc(Br)cc1[N+](=O)[O-]. The van der Waals surface area contributed by atoms with Crippen LogP contribution in [0.4, 0.5) is 5.69 Å². The van der Waals surface area contributed by atoms with E-state index in [2.05, 4.69) is 15.9 Å². The number of aliphatic carboxylic acids is 1. The van der Waals surface area contributed by atoms with Gasteiger partial charge < -0.3 is 15.9 Å². The number of aliphatic hydroxyl groups is 1. The maximum absolute atomic E-state index is 10.8. The highest BCUT2D eigenvalue weighted by molar-refractivity contribution is 9.10. The maximum atomic E-state index is 10.8. The van der Waals surface area contributed by atoms with Crippen molar-refractivity contribution in [3.8, 4) is 0 Å². The number of carbonyl (C=O) groups is 1. The van der Waals surface area contributed by atoms with Crippen LogP contribution in [0.15, 0.2) is 22.7 Å². The van der Waals surface area contributed by atoms with Gasteiger partial charge in [0.2, 0.25) is 0 Å². The molecule has 0 aliphatic carbocycles. The van der Waals surface area contributed by atoms with Crippen LogP contribution in [0.1, 0.15) is 11.7 Å². The summed E-state index contributed by atoms with van der Waals surface area (Å²) in [5, 5.41) is 29.0. The van der Waals surface area contributed by atoms with Crippen LogP contribution in [0.3, 0.4) is 0 Å². The number of hydrogen-bond donors (Lipinski definition) is 3. The predicted molar refractivity (Wildman–Crippen MR) is 61.4 cm³/mol. The number of nitrogens with two attached hydrogens (primary N) is 1. The lowest BCUT2D eigenvalue weighted by molar-refractivity contribution is -0.386. The highest BCUT2D eigenvalue weighted by Crippen LogP contribution is 2.29. The number of hydrogen-bond acceptors (Lipinski definition) is 5. The lowest BCUT2D eigenvalue weighted by Crippen LogP contribution is -2.36. The third-order valence-electron chi connectivity index (χ3n) is 2.13. The highest BCUT2D eigenvalue weighted by atomic mass is 79.9. The summed E-state index contributed by atoms with van der Waals surface area (Å²) in [6.45, 7) is 0. The van der Waals surface area contributed by atoms with Crippen molar-refractivity contribution in [1.29, 1.82) is 0 Å². The number of rotatable bonds is 4. The molecule has 7 nitrogen and oxygen atoms in total. The molecule has 0 fully saturated rings. The van der Waals surface area contributed by atoms with Crippen molar-refractivity contribution in [1.82, 2.24) is 0 Å². The van der Waals surface area contributed by atoms with Gasteiger partial charge in [-0.2, -0.15) is 0 Å². The Kier molecular flexibility index (Phi) is 4.16. The quantitative estimate of drug-likeness (QED) is 0.558. The van der Waals surface area contributed by atoms with Gasteiger partial charge in [0.15, 0.2) is 0 Å². The van der Waals surface area contributed by atoms with Gasteiger partial charge in [-0.05, 0) is 12.1 Å². The zero-order chi connectivity index (χ0) is 13.2. The Bertz CT molecular complexity index is 465. The summed E-state index contributed by atoms with van der Waals surface area (Å²) in [6.07, 6.45) is -1.64. The molecule has 17 heavy (non-hydrogen) atoms. The van der Waals surface area contributed by atoms with Crippen LogP contribution in [0.2, 0.25) is 0 Å². The smallest absolute Gasteiger partial charge is 0.323 e. The Morgan fingerprint density at radius 1 is 1.53 bits per heavy atom.